The minimum Gasteiger partial charge on any atom is -0.330 e. The number of rotatable bonds is 4. The van der Waals surface area contributed by atoms with Crippen LogP contribution >= 0.6 is 15.9 Å². The standard InChI is InChI=1S/C14H20BrN3O2/c1-10-2-3-11(7-16)8-17(10)9-12-4-5-13(18(19)20)6-14(12)15/h4-6,10-11H,2-3,7-9,16H2,1H3. The molecule has 0 bridgehead atoms. The van der Waals surface area contributed by atoms with Gasteiger partial charge in [0.2, 0.25) is 0 Å². The second-order valence-corrected chi connectivity index (χ2v) is 6.34. The van der Waals surface area contributed by atoms with Crippen molar-refractivity contribution >= 4 is 21.6 Å². The lowest BCUT2D eigenvalue weighted by Gasteiger charge is -2.37. The van der Waals surface area contributed by atoms with E-state index in [1.54, 1.807) is 12.1 Å². The second kappa shape index (κ2) is 6.65. The molecule has 0 radical (unpaired) electrons. The molecule has 0 aliphatic carbocycles. The Labute approximate surface area is 127 Å². The highest BCUT2D eigenvalue weighted by molar-refractivity contribution is 9.10. The molecule has 6 heteroatoms. The predicted molar refractivity (Wildman–Crippen MR) is 82.4 cm³/mol. The van der Waals surface area contributed by atoms with Crippen LogP contribution in [0.2, 0.25) is 0 Å². The van der Waals surface area contributed by atoms with Crippen molar-refractivity contribution in [1.29, 1.82) is 0 Å². The van der Waals surface area contributed by atoms with Crippen molar-refractivity contribution in [2.75, 3.05) is 13.1 Å². The van der Waals surface area contributed by atoms with E-state index in [1.165, 1.54) is 6.42 Å². The van der Waals surface area contributed by atoms with Crippen LogP contribution in [0.4, 0.5) is 5.69 Å². The molecule has 1 aliphatic rings. The molecule has 2 N–H and O–H groups in total. The zero-order chi connectivity index (χ0) is 14.7. The summed E-state index contributed by atoms with van der Waals surface area (Å²) < 4.78 is 0.800. The number of nitrogens with zero attached hydrogens (tertiary/aromatic N) is 2. The molecule has 0 aromatic heterocycles. The van der Waals surface area contributed by atoms with Gasteiger partial charge in [-0.3, -0.25) is 15.0 Å². The molecule has 1 aliphatic heterocycles. The summed E-state index contributed by atoms with van der Waals surface area (Å²) in [6.45, 7) is 4.76. The van der Waals surface area contributed by atoms with E-state index in [2.05, 4.69) is 27.8 Å². The van der Waals surface area contributed by atoms with Crippen molar-refractivity contribution in [3.63, 3.8) is 0 Å². The highest BCUT2D eigenvalue weighted by atomic mass is 79.9. The Bertz CT molecular complexity index is 495. The fourth-order valence-corrected chi connectivity index (χ4v) is 3.16. The average Bonchev–Trinajstić information content (AvgIpc) is 2.43. The normalized spacial score (nSPS) is 23.8. The van der Waals surface area contributed by atoms with Gasteiger partial charge in [0.05, 0.1) is 4.92 Å². The quantitative estimate of drug-likeness (QED) is 0.675. The van der Waals surface area contributed by atoms with Crippen molar-refractivity contribution < 1.29 is 4.92 Å². The van der Waals surface area contributed by atoms with Gasteiger partial charge in [0, 0.05) is 35.7 Å². The highest BCUT2D eigenvalue weighted by Gasteiger charge is 2.25. The van der Waals surface area contributed by atoms with Crippen LogP contribution in [0.1, 0.15) is 25.3 Å². The Morgan fingerprint density at radius 2 is 2.25 bits per heavy atom. The number of benzene rings is 1. The number of halogens is 1. The maximum absolute atomic E-state index is 10.7. The Balaban J connectivity index is 2.10. The van der Waals surface area contributed by atoms with Gasteiger partial charge in [0.15, 0.2) is 0 Å². The smallest absolute Gasteiger partial charge is 0.270 e. The highest BCUT2D eigenvalue weighted by Crippen LogP contribution is 2.28. The molecule has 1 heterocycles. The fourth-order valence-electron chi connectivity index (χ4n) is 2.67. The van der Waals surface area contributed by atoms with Crippen LogP contribution < -0.4 is 5.73 Å². The lowest BCUT2D eigenvalue weighted by Crippen LogP contribution is -2.43. The summed E-state index contributed by atoms with van der Waals surface area (Å²) in [6.07, 6.45) is 2.35. The molecule has 1 aromatic carbocycles. The van der Waals surface area contributed by atoms with Gasteiger partial charge in [0.1, 0.15) is 0 Å². The van der Waals surface area contributed by atoms with Crippen molar-refractivity contribution in [3.05, 3.63) is 38.3 Å². The molecule has 110 valence electrons. The summed E-state index contributed by atoms with van der Waals surface area (Å²) in [4.78, 5) is 12.8. The van der Waals surface area contributed by atoms with Crippen molar-refractivity contribution in [2.24, 2.45) is 11.7 Å². The first kappa shape index (κ1) is 15.4. The summed E-state index contributed by atoms with van der Waals surface area (Å²) >= 11 is 3.44. The molecule has 0 amide bonds. The van der Waals surface area contributed by atoms with Gasteiger partial charge >= 0.3 is 0 Å². The van der Waals surface area contributed by atoms with E-state index >= 15 is 0 Å². The topological polar surface area (TPSA) is 72.4 Å². The monoisotopic (exact) mass is 341 g/mol. The van der Waals surface area contributed by atoms with Crippen molar-refractivity contribution in [1.82, 2.24) is 4.90 Å². The minimum absolute atomic E-state index is 0.118. The average molecular weight is 342 g/mol. The van der Waals surface area contributed by atoms with Crippen LogP contribution in [0.25, 0.3) is 0 Å². The number of nitro groups is 1. The summed E-state index contributed by atoms with van der Waals surface area (Å²) in [5, 5.41) is 10.7. The zero-order valence-corrected chi connectivity index (χ0v) is 13.2. The van der Waals surface area contributed by atoms with E-state index in [1.807, 2.05) is 6.07 Å². The third-order valence-corrected chi connectivity index (χ3v) is 4.80. The second-order valence-electron chi connectivity index (χ2n) is 5.49. The first-order valence-corrected chi connectivity index (χ1v) is 7.67. The van der Waals surface area contributed by atoms with Gasteiger partial charge in [-0.1, -0.05) is 15.9 Å². The number of likely N-dealkylation sites (tertiary alicyclic amines) is 1. The molecule has 5 nitrogen and oxygen atoms in total. The minimum atomic E-state index is -0.373. The van der Waals surface area contributed by atoms with Gasteiger partial charge in [-0.2, -0.15) is 0 Å². The number of piperidine rings is 1. The first-order valence-electron chi connectivity index (χ1n) is 6.88. The molecule has 2 atom stereocenters. The molecule has 0 spiro atoms. The number of nitro benzene ring substituents is 1. The Morgan fingerprint density at radius 1 is 1.50 bits per heavy atom. The van der Waals surface area contributed by atoms with E-state index in [0.717, 1.165) is 36.1 Å². The molecule has 2 rings (SSSR count). The van der Waals surface area contributed by atoms with E-state index < -0.39 is 0 Å². The van der Waals surface area contributed by atoms with Gasteiger partial charge in [-0.15, -0.1) is 0 Å². The zero-order valence-electron chi connectivity index (χ0n) is 11.6. The maximum Gasteiger partial charge on any atom is 0.270 e. The molecular weight excluding hydrogens is 322 g/mol. The fraction of sp³-hybridized carbons (Fsp3) is 0.571. The van der Waals surface area contributed by atoms with Crippen LogP contribution in [-0.2, 0) is 6.54 Å². The van der Waals surface area contributed by atoms with E-state index in [0.29, 0.717) is 12.0 Å². The largest absolute Gasteiger partial charge is 0.330 e. The van der Waals surface area contributed by atoms with E-state index in [9.17, 15) is 10.1 Å². The van der Waals surface area contributed by atoms with Crippen LogP contribution in [0.5, 0.6) is 0 Å². The summed E-state index contributed by atoms with van der Waals surface area (Å²) in [5.74, 6) is 0.558. The Kier molecular flexibility index (Phi) is 5.12. The molecular formula is C14H20BrN3O2. The Hall–Kier alpha value is -0.980. The predicted octanol–water partition coefficient (Wildman–Crippen LogP) is 2.92. The molecule has 1 fully saturated rings. The van der Waals surface area contributed by atoms with Crippen LogP contribution in [0, 0.1) is 16.0 Å². The van der Waals surface area contributed by atoms with Gasteiger partial charge in [-0.25, -0.2) is 0 Å². The van der Waals surface area contributed by atoms with Crippen molar-refractivity contribution in [2.45, 2.75) is 32.4 Å². The molecule has 20 heavy (non-hydrogen) atoms. The number of hydrogen-bond donors (Lipinski definition) is 1. The molecule has 1 aromatic rings. The third kappa shape index (κ3) is 3.56. The summed E-state index contributed by atoms with van der Waals surface area (Å²) in [7, 11) is 0. The lowest BCUT2D eigenvalue weighted by atomic mass is 9.93. The molecule has 0 saturated carbocycles. The van der Waals surface area contributed by atoms with Crippen LogP contribution in [-0.4, -0.2) is 29.0 Å². The molecule has 2 unspecified atom stereocenters. The molecule has 1 saturated heterocycles. The van der Waals surface area contributed by atoms with Gasteiger partial charge in [0.25, 0.3) is 5.69 Å². The van der Waals surface area contributed by atoms with E-state index in [4.69, 9.17) is 5.73 Å². The number of hydrogen-bond acceptors (Lipinski definition) is 4. The maximum atomic E-state index is 10.7. The third-order valence-electron chi connectivity index (χ3n) is 4.06. The van der Waals surface area contributed by atoms with Crippen LogP contribution in [0.15, 0.2) is 22.7 Å². The Morgan fingerprint density at radius 3 is 2.85 bits per heavy atom. The number of non-ortho nitro benzene ring substituents is 1. The van der Waals surface area contributed by atoms with Crippen LogP contribution in [0.3, 0.4) is 0 Å². The lowest BCUT2D eigenvalue weighted by molar-refractivity contribution is -0.384. The van der Waals surface area contributed by atoms with Gasteiger partial charge in [-0.05, 0) is 43.9 Å². The summed E-state index contributed by atoms with van der Waals surface area (Å²) in [6, 6.07) is 5.50. The number of nitrogens with two attached hydrogens (primary N) is 1. The van der Waals surface area contributed by atoms with Gasteiger partial charge < -0.3 is 5.73 Å². The SMILES string of the molecule is CC1CCC(CN)CN1Cc1ccc([N+](=O)[O-])cc1Br. The summed E-state index contributed by atoms with van der Waals surface area (Å²) in [5.41, 5.74) is 6.98. The van der Waals surface area contributed by atoms with E-state index in [-0.39, 0.29) is 10.6 Å². The first-order chi connectivity index (χ1) is 9.51. The van der Waals surface area contributed by atoms with Crippen molar-refractivity contribution in [3.8, 4) is 0 Å².